The van der Waals surface area contributed by atoms with E-state index in [-0.39, 0.29) is 0 Å². The van der Waals surface area contributed by atoms with E-state index >= 15 is 0 Å². The molecule has 0 aromatic carbocycles. The zero-order valence-electron chi connectivity index (χ0n) is 15.2. The van der Waals surface area contributed by atoms with Crippen LogP contribution in [0.5, 0.6) is 0 Å². The van der Waals surface area contributed by atoms with Gasteiger partial charge in [-0.05, 0) is 0 Å². The largest absolute Gasteiger partial charge is 0.480 e. The molecule has 29 heavy (non-hydrogen) atoms. The number of nitrogens with one attached hydrogen (secondary N) is 4. The Morgan fingerprint density at radius 1 is 0.724 bits per heavy atom. The molecule has 0 heterocycles. The topological polar surface area (TPSA) is 266 Å². The van der Waals surface area contributed by atoms with Gasteiger partial charge in [0, 0.05) is 0 Å². The molecule has 0 aliphatic heterocycles. The van der Waals surface area contributed by atoms with Gasteiger partial charge in [0.05, 0.1) is 32.5 Å². The zero-order chi connectivity index (χ0) is 22.6. The number of carbonyl (C=O) groups excluding carboxylic acids is 6. The lowest BCUT2D eigenvalue weighted by Gasteiger charge is -2.17. The highest BCUT2D eigenvalue weighted by Crippen LogP contribution is 1.93. The van der Waals surface area contributed by atoms with Crippen molar-refractivity contribution in [3.63, 3.8) is 0 Å². The van der Waals surface area contributed by atoms with Gasteiger partial charge in [-0.2, -0.15) is 0 Å². The molecule has 11 N–H and O–H groups in total. The van der Waals surface area contributed by atoms with Crippen LogP contribution in [0.25, 0.3) is 0 Å². The Bertz CT molecular complexity index is 681. The number of hydrogen-bond acceptors (Lipinski definition) is 8. The van der Waals surface area contributed by atoms with E-state index in [2.05, 4.69) is 16.0 Å². The smallest absolute Gasteiger partial charge is 0.326 e. The molecule has 0 unspecified atom stereocenters. The molecule has 15 nitrogen and oxygen atoms in total. The Hall–Kier alpha value is -3.75. The minimum Gasteiger partial charge on any atom is -0.480 e. The van der Waals surface area contributed by atoms with Crippen molar-refractivity contribution in [2.24, 2.45) is 17.2 Å². The molecule has 0 aliphatic rings. The summed E-state index contributed by atoms with van der Waals surface area (Å²) in [4.78, 5) is 79.1. The third-order valence-electron chi connectivity index (χ3n) is 3.15. The average molecular weight is 417 g/mol. The molecule has 0 aliphatic carbocycles. The molecule has 2 atom stereocenters. The highest BCUT2D eigenvalue weighted by atomic mass is 16.4. The molecule has 15 heteroatoms. The maximum atomic E-state index is 12.0. The summed E-state index contributed by atoms with van der Waals surface area (Å²) < 4.78 is 0. The molecule has 0 bridgehead atoms. The highest BCUT2D eigenvalue weighted by molar-refractivity contribution is 5.95. The number of nitrogens with two attached hydrogens (primary N) is 3. The van der Waals surface area contributed by atoms with Crippen molar-refractivity contribution in [3.8, 4) is 0 Å². The van der Waals surface area contributed by atoms with Crippen LogP contribution in [0.3, 0.4) is 0 Å². The number of hydrogen-bond donors (Lipinski definition) is 8. The fraction of sp³-hybridized carbons (Fsp3) is 0.500. The van der Waals surface area contributed by atoms with Gasteiger partial charge >= 0.3 is 5.97 Å². The zero-order valence-corrected chi connectivity index (χ0v) is 15.2. The Kier molecular flexibility index (Phi) is 11.0. The van der Waals surface area contributed by atoms with Crippen LogP contribution in [0.1, 0.15) is 12.8 Å². The van der Waals surface area contributed by atoms with E-state index in [0.717, 1.165) is 0 Å². The Morgan fingerprint density at radius 2 is 1.21 bits per heavy atom. The standard InChI is InChI=1S/C14H23N7O8/c15-3-10(24)20-6(1-8(16)22)13(27)19-4-11(25)18-5-12(26)21-7(14(28)29)2-9(17)23/h6-7H,1-5,15H2,(H2,16,22)(H2,17,23)(H,18,25)(H,19,27)(H,20,24)(H,21,26)(H,28,29)/t6-,7-/m0/s1. The van der Waals surface area contributed by atoms with Gasteiger partial charge in [0.15, 0.2) is 0 Å². The van der Waals surface area contributed by atoms with E-state index < -0.39 is 86.0 Å². The lowest BCUT2D eigenvalue weighted by Crippen LogP contribution is -2.52. The van der Waals surface area contributed by atoms with Crippen molar-refractivity contribution in [1.82, 2.24) is 21.3 Å². The van der Waals surface area contributed by atoms with E-state index in [1.807, 2.05) is 5.32 Å². The monoisotopic (exact) mass is 417 g/mol. The maximum Gasteiger partial charge on any atom is 0.326 e. The molecule has 0 radical (unpaired) electrons. The van der Waals surface area contributed by atoms with Gasteiger partial charge in [0.2, 0.25) is 35.4 Å². The first-order valence-corrected chi connectivity index (χ1v) is 8.08. The number of carbonyl (C=O) groups is 7. The Labute approximate surface area is 164 Å². The lowest BCUT2D eigenvalue weighted by atomic mass is 10.2. The minimum absolute atomic E-state index is 0.439. The van der Waals surface area contributed by atoms with E-state index in [0.29, 0.717) is 0 Å². The average Bonchev–Trinajstić information content (AvgIpc) is 2.62. The minimum atomic E-state index is -1.56. The summed E-state index contributed by atoms with van der Waals surface area (Å²) in [5, 5.41) is 17.2. The summed E-state index contributed by atoms with van der Waals surface area (Å²) in [6, 6.07) is -2.90. The quantitative estimate of drug-likeness (QED) is 0.141. The third kappa shape index (κ3) is 11.5. The number of carboxylic acid groups (broad SMARTS) is 1. The van der Waals surface area contributed by atoms with Crippen LogP contribution in [0.4, 0.5) is 0 Å². The molecule has 0 fully saturated rings. The first-order chi connectivity index (χ1) is 13.5. The molecular formula is C14H23N7O8. The highest BCUT2D eigenvalue weighted by Gasteiger charge is 2.24. The number of carboxylic acids is 1. The predicted molar refractivity (Wildman–Crippen MR) is 94.2 cm³/mol. The van der Waals surface area contributed by atoms with Gasteiger partial charge in [-0.25, -0.2) is 4.79 Å². The molecule has 162 valence electrons. The van der Waals surface area contributed by atoms with Gasteiger partial charge in [-0.15, -0.1) is 0 Å². The number of primary amides is 2. The van der Waals surface area contributed by atoms with Crippen molar-refractivity contribution in [2.75, 3.05) is 19.6 Å². The normalized spacial score (nSPS) is 12.0. The molecule has 6 amide bonds. The molecule has 0 aromatic heterocycles. The SMILES string of the molecule is NCC(=O)N[C@@H](CC(N)=O)C(=O)NCC(=O)NCC(=O)N[C@@H](CC(N)=O)C(=O)O. The van der Waals surface area contributed by atoms with Crippen LogP contribution in [0.15, 0.2) is 0 Å². The molecule has 0 saturated carbocycles. The molecule has 0 rings (SSSR count). The van der Waals surface area contributed by atoms with E-state index in [1.54, 1.807) is 0 Å². The lowest BCUT2D eigenvalue weighted by molar-refractivity contribution is -0.143. The van der Waals surface area contributed by atoms with E-state index in [9.17, 15) is 33.6 Å². The van der Waals surface area contributed by atoms with Crippen LogP contribution in [-0.4, -0.2) is 78.2 Å². The van der Waals surface area contributed by atoms with Crippen LogP contribution < -0.4 is 38.5 Å². The van der Waals surface area contributed by atoms with Gasteiger partial charge < -0.3 is 43.6 Å². The number of amides is 6. The van der Waals surface area contributed by atoms with Crippen molar-refractivity contribution >= 4 is 41.4 Å². The van der Waals surface area contributed by atoms with Crippen LogP contribution >= 0.6 is 0 Å². The second-order valence-corrected chi connectivity index (χ2v) is 5.62. The summed E-state index contributed by atoms with van der Waals surface area (Å²) >= 11 is 0. The Balaban J connectivity index is 4.51. The van der Waals surface area contributed by atoms with Crippen molar-refractivity contribution in [3.05, 3.63) is 0 Å². The fourth-order valence-corrected chi connectivity index (χ4v) is 1.84. The third-order valence-corrected chi connectivity index (χ3v) is 3.15. The van der Waals surface area contributed by atoms with Crippen LogP contribution in [0.2, 0.25) is 0 Å². The summed E-state index contributed by atoms with van der Waals surface area (Å²) in [7, 11) is 0. The predicted octanol–water partition coefficient (Wildman–Crippen LogP) is -6.02. The van der Waals surface area contributed by atoms with Gasteiger partial charge in [0.25, 0.3) is 0 Å². The molecular weight excluding hydrogens is 394 g/mol. The van der Waals surface area contributed by atoms with Crippen LogP contribution in [0, 0.1) is 0 Å². The second kappa shape index (κ2) is 12.6. The van der Waals surface area contributed by atoms with Gasteiger partial charge in [-0.1, -0.05) is 0 Å². The van der Waals surface area contributed by atoms with E-state index in [1.165, 1.54) is 0 Å². The fourth-order valence-electron chi connectivity index (χ4n) is 1.84. The summed E-state index contributed by atoms with van der Waals surface area (Å²) in [5.41, 5.74) is 14.9. The first kappa shape index (κ1) is 25.2. The molecule has 0 aromatic rings. The van der Waals surface area contributed by atoms with Crippen LogP contribution in [-0.2, 0) is 33.6 Å². The van der Waals surface area contributed by atoms with Gasteiger partial charge in [-0.3, -0.25) is 28.8 Å². The second-order valence-electron chi connectivity index (χ2n) is 5.62. The molecule has 0 saturated heterocycles. The summed E-state index contributed by atoms with van der Waals surface area (Å²) in [5.74, 6) is -6.69. The van der Waals surface area contributed by atoms with Crippen molar-refractivity contribution in [1.29, 1.82) is 0 Å². The maximum absolute atomic E-state index is 12.0. The van der Waals surface area contributed by atoms with E-state index in [4.69, 9.17) is 22.3 Å². The summed E-state index contributed by atoms with van der Waals surface area (Å²) in [6.07, 6.45) is -1.17. The number of rotatable bonds is 13. The summed E-state index contributed by atoms with van der Waals surface area (Å²) in [6.45, 7) is -1.71. The number of aliphatic carboxylic acids is 1. The Morgan fingerprint density at radius 3 is 1.69 bits per heavy atom. The van der Waals surface area contributed by atoms with Gasteiger partial charge in [0.1, 0.15) is 12.1 Å². The first-order valence-electron chi connectivity index (χ1n) is 8.08. The van der Waals surface area contributed by atoms with Crippen molar-refractivity contribution < 1.29 is 38.7 Å². The van der Waals surface area contributed by atoms with Crippen molar-refractivity contribution in [2.45, 2.75) is 24.9 Å². The molecule has 0 spiro atoms.